The van der Waals surface area contributed by atoms with Crippen LogP contribution in [0.1, 0.15) is 31.0 Å². The molecule has 0 saturated heterocycles. The maximum atomic E-state index is 13.6. The Morgan fingerprint density at radius 2 is 1.72 bits per heavy atom. The van der Waals surface area contributed by atoms with Crippen LogP contribution in [-0.4, -0.2) is 37.8 Å². The van der Waals surface area contributed by atoms with E-state index in [9.17, 15) is 14.4 Å². The minimum atomic E-state index is -0.771. The number of ether oxygens (including phenoxy) is 4. The Hall–Kier alpha value is -4.18. The summed E-state index contributed by atoms with van der Waals surface area (Å²) in [4.78, 5) is 42.7. The van der Waals surface area contributed by atoms with Crippen molar-refractivity contribution < 1.29 is 28.5 Å². The first kappa shape index (κ1) is 24.9. The third-order valence-electron chi connectivity index (χ3n) is 5.59. The van der Waals surface area contributed by atoms with Gasteiger partial charge in [-0.15, -0.1) is 0 Å². The summed E-state index contributed by atoms with van der Waals surface area (Å²) >= 11 is 1.22. The van der Waals surface area contributed by atoms with E-state index in [1.165, 1.54) is 29.9 Å². The first-order chi connectivity index (χ1) is 17.3. The van der Waals surface area contributed by atoms with Crippen molar-refractivity contribution in [2.75, 3.05) is 21.3 Å². The van der Waals surface area contributed by atoms with Crippen LogP contribution in [0.4, 0.5) is 0 Å². The second-order valence-corrected chi connectivity index (χ2v) is 8.86. The summed E-state index contributed by atoms with van der Waals surface area (Å²) in [6.45, 7) is 3.02. The van der Waals surface area contributed by atoms with Gasteiger partial charge >= 0.3 is 11.9 Å². The molecular weight excluding hydrogens is 484 g/mol. The number of aromatic nitrogens is 1. The SMILES string of the molecule is COC(=O)C1=C(C)N=c2s/c(=C/c3ccc(OC)c(OC)c3)c(=O)n2C1c1ccc(OC(C)=O)cc1. The zero-order chi connectivity index (χ0) is 26.0. The van der Waals surface area contributed by atoms with Crippen molar-refractivity contribution >= 4 is 29.4 Å². The summed E-state index contributed by atoms with van der Waals surface area (Å²) in [6.07, 6.45) is 1.74. The van der Waals surface area contributed by atoms with Crippen molar-refractivity contribution in [1.82, 2.24) is 4.57 Å². The molecule has 9 nitrogen and oxygen atoms in total. The van der Waals surface area contributed by atoms with Gasteiger partial charge in [-0.2, -0.15) is 0 Å². The molecule has 1 aliphatic rings. The molecule has 1 aromatic heterocycles. The minimum absolute atomic E-state index is 0.253. The monoisotopic (exact) mass is 508 g/mol. The van der Waals surface area contributed by atoms with Crippen molar-refractivity contribution in [2.24, 2.45) is 4.99 Å². The van der Waals surface area contributed by atoms with E-state index in [4.69, 9.17) is 18.9 Å². The topological polar surface area (TPSA) is 105 Å². The lowest BCUT2D eigenvalue weighted by Crippen LogP contribution is -2.39. The Kier molecular flexibility index (Phi) is 7.07. The number of hydrogen-bond acceptors (Lipinski definition) is 9. The van der Waals surface area contributed by atoms with E-state index in [0.29, 0.717) is 37.8 Å². The number of methoxy groups -OCH3 is 3. The minimum Gasteiger partial charge on any atom is -0.493 e. The molecule has 2 heterocycles. The predicted molar refractivity (Wildman–Crippen MR) is 133 cm³/mol. The van der Waals surface area contributed by atoms with Gasteiger partial charge in [-0.3, -0.25) is 14.2 Å². The van der Waals surface area contributed by atoms with E-state index >= 15 is 0 Å². The number of benzene rings is 2. The number of fused-ring (bicyclic) bond motifs is 1. The van der Waals surface area contributed by atoms with Crippen LogP contribution in [0.2, 0.25) is 0 Å². The maximum absolute atomic E-state index is 13.6. The zero-order valence-corrected chi connectivity index (χ0v) is 21.2. The van der Waals surface area contributed by atoms with Gasteiger partial charge < -0.3 is 18.9 Å². The lowest BCUT2D eigenvalue weighted by molar-refractivity contribution is -0.136. The van der Waals surface area contributed by atoms with E-state index in [1.807, 2.05) is 6.07 Å². The van der Waals surface area contributed by atoms with E-state index in [-0.39, 0.29) is 11.1 Å². The lowest BCUT2D eigenvalue weighted by Gasteiger charge is -2.24. The van der Waals surface area contributed by atoms with Crippen LogP contribution < -0.4 is 29.1 Å². The number of nitrogens with zero attached hydrogens (tertiary/aromatic N) is 2. The molecule has 0 radical (unpaired) electrons. The summed E-state index contributed by atoms with van der Waals surface area (Å²) in [5.74, 6) is 0.434. The molecule has 0 N–H and O–H groups in total. The second kappa shape index (κ2) is 10.2. The van der Waals surface area contributed by atoms with Crippen LogP contribution >= 0.6 is 11.3 Å². The van der Waals surface area contributed by atoms with Crippen molar-refractivity contribution in [3.63, 3.8) is 0 Å². The molecule has 0 saturated carbocycles. The summed E-state index contributed by atoms with van der Waals surface area (Å²) in [6, 6.07) is 11.2. The largest absolute Gasteiger partial charge is 0.493 e. The van der Waals surface area contributed by atoms with Crippen molar-refractivity contribution in [1.29, 1.82) is 0 Å². The molecule has 2 aromatic carbocycles. The average molecular weight is 509 g/mol. The number of carbonyl (C=O) groups excluding carboxylic acids is 2. The highest BCUT2D eigenvalue weighted by atomic mass is 32.1. The van der Waals surface area contributed by atoms with Crippen LogP contribution in [0.5, 0.6) is 17.2 Å². The molecule has 4 rings (SSSR count). The van der Waals surface area contributed by atoms with E-state index < -0.39 is 18.0 Å². The Morgan fingerprint density at radius 3 is 2.33 bits per heavy atom. The standard InChI is InChI=1S/C26H24N2O7S/c1-14-22(25(31)34-5)23(17-7-9-18(10-8-17)35-15(2)29)28-24(30)21(36-26(28)27-14)13-16-6-11-19(32-3)20(12-16)33-4/h6-13,23H,1-5H3/b21-13+. The lowest BCUT2D eigenvalue weighted by atomic mass is 9.96. The smallest absolute Gasteiger partial charge is 0.338 e. The second-order valence-electron chi connectivity index (χ2n) is 7.85. The molecule has 1 atom stereocenters. The molecular formula is C26H24N2O7S. The van der Waals surface area contributed by atoms with Crippen molar-refractivity contribution in [3.05, 3.63) is 84.5 Å². The molecule has 186 valence electrons. The Morgan fingerprint density at radius 1 is 1.03 bits per heavy atom. The third-order valence-corrected chi connectivity index (χ3v) is 6.57. The fraction of sp³-hybridized carbons (Fsp3) is 0.231. The van der Waals surface area contributed by atoms with E-state index in [0.717, 1.165) is 5.56 Å². The highest BCUT2D eigenvalue weighted by molar-refractivity contribution is 7.07. The number of hydrogen-bond donors (Lipinski definition) is 0. The van der Waals surface area contributed by atoms with Gasteiger partial charge in [-0.05, 0) is 48.4 Å². The maximum Gasteiger partial charge on any atom is 0.338 e. The zero-order valence-electron chi connectivity index (χ0n) is 20.4. The van der Waals surface area contributed by atoms with Gasteiger partial charge in [0.2, 0.25) is 0 Å². The normalized spacial score (nSPS) is 15.1. The number of thiazole rings is 1. The van der Waals surface area contributed by atoms with Crippen LogP contribution in [0.15, 0.2) is 63.5 Å². The van der Waals surface area contributed by atoms with Crippen LogP contribution in [0.25, 0.3) is 6.08 Å². The predicted octanol–water partition coefficient (Wildman–Crippen LogP) is 2.35. The highest BCUT2D eigenvalue weighted by Crippen LogP contribution is 2.32. The first-order valence-electron chi connectivity index (χ1n) is 10.9. The van der Waals surface area contributed by atoms with Gasteiger partial charge in [-0.1, -0.05) is 29.5 Å². The Labute approximate surface area is 210 Å². The molecule has 1 aliphatic heterocycles. The van der Waals surface area contributed by atoms with Gasteiger partial charge in [0.25, 0.3) is 5.56 Å². The number of rotatable bonds is 6. The van der Waals surface area contributed by atoms with E-state index in [1.54, 1.807) is 63.6 Å². The molecule has 36 heavy (non-hydrogen) atoms. The molecule has 1 unspecified atom stereocenters. The van der Waals surface area contributed by atoms with Crippen LogP contribution in [-0.2, 0) is 14.3 Å². The Bertz CT molecular complexity index is 1550. The number of carbonyl (C=O) groups is 2. The van der Waals surface area contributed by atoms with Crippen molar-refractivity contribution in [3.8, 4) is 17.2 Å². The van der Waals surface area contributed by atoms with Crippen LogP contribution in [0.3, 0.4) is 0 Å². The van der Waals surface area contributed by atoms with Crippen molar-refractivity contribution in [2.45, 2.75) is 19.9 Å². The summed E-state index contributed by atoms with van der Waals surface area (Å²) < 4.78 is 22.7. The average Bonchev–Trinajstić information content (AvgIpc) is 3.17. The van der Waals surface area contributed by atoms with Crippen LogP contribution in [0, 0.1) is 0 Å². The summed E-state index contributed by atoms with van der Waals surface area (Å²) in [5.41, 5.74) is 1.78. The van der Waals surface area contributed by atoms with Gasteiger partial charge in [0.1, 0.15) is 5.75 Å². The summed E-state index contributed by atoms with van der Waals surface area (Å²) in [7, 11) is 4.38. The number of esters is 2. The summed E-state index contributed by atoms with van der Waals surface area (Å²) in [5, 5.41) is 0. The molecule has 0 aliphatic carbocycles. The number of allylic oxidation sites excluding steroid dienone is 1. The molecule has 3 aromatic rings. The van der Waals surface area contributed by atoms with E-state index in [2.05, 4.69) is 4.99 Å². The quantitative estimate of drug-likeness (QED) is 0.372. The highest BCUT2D eigenvalue weighted by Gasteiger charge is 2.33. The molecule has 0 amide bonds. The first-order valence-corrected chi connectivity index (χ1v) is 11.7. The fourth-order valence-corrected chi connectivity index (χ4v) is 5.03. The van der Waals surface area contributed by atoms with Gasteiger partial charge in [0.15, 0.2) is 16.3 Å². The third kappa shape index (κ3) is 4.67. The molecule has 0 bridgehead atoms. The molecule has 10 heteroatoms. The van der Waals surface area contributed by atoms with Gasteiger partial charge in [-0.25, -0.2) is 9.79 Å². The molecule has 0 spiro atoms. The molecule has 0 fully saturated rings. The van der Waals surface area contributed by atoms with Gasteiger partial charge in [0.05, 0.1) is 43.2 Å². The Balaban J connectivity index is 1.89. The van der Waals surface area contributed by atoms with Gasteiger partial charge in [0, 0.05) is 6.92 Å². The fourth-order valence-electron chi connectivity index (χ4n) is 3.99.